The van der Waals surface area contributed by atoms with Crippen molar-refractivity contribution < 1.29 is 19.1 Å². The van der Waals surface area contributed by atoms with Crippen LogP contribution in [0.1, 0.15) is 38.5 Å². The Morgan fingerprint density at radius 1 is 1.00 bits per heavy atom. The number of rotatable bonds is 11. The maximum Gasteiger partial charge on any atom is 0.305 e. The standard InChI is InChI=1S/C12H23N3O4/c1-19-9(16)7-5-3-2-4-6-8-15-10(11(13)17)12(14)18/h10,15H,2-8H2,1H3,(H2,13,17)(H2,14,18). The molecule has 0 atom stereocenters. The van der Waals surface area contributed by atoms with Gasteiger partial charge in [0.1, 0.15) is 0 Å². The van der Waals surface area contributed by atoms with E-state index in [9.17, 15) is 14.4 Å². The van der Waals surface area contributed by atoms with Crippen molar-refractivity contribution in [3.8, 4) is 0 Å². The number of amides is 2. The molecule has 0 aliphatic rings. The second-order valence-electron chi connectivity index (χ2n) is 4.29. The molecule has 0 saturated carbocycles. The van der Waals surface area contributed by atoms with Gasteiger partial charge in [-0.1, -0.05) is 19.3 Å². The average molecular weight is 273 g/mol. The van der Waals surface area contributed by atoms with E-state index >= 15 is 0 Å². The van der Waals surface area contributed by atoms with Gasteiger partial charge in [-0.3, -0.25) is 19.7 Å². The fourth-order valence-electron chi connectivity index (χ4n) is 1.61. The largest absolute Gasteiger partial charge is 0.469 e. The summed E-state index contributed by atoms with van der Waals surface area (Å²) in [7, 11) is 1.38. The van der Waals surface area contributed by atoms with Gasteiger partial charge < -0.3 is 16.2 Å². The SMILES string of the molecule is COC(=O)CCCCCCCNC(C(N)=O)C(N)=O. The fourth-order valence-corrected chi connectivity index (χ4v) is 1.61. The third-order valence-corrected chi connectivity index (χ3v) is 2.70. The van der Waals surface area contributed by atoms with E-state index in [4.69, 9.17) is 11.5 Å². The van der Waals surface area contributed by atoms with Gasteiger partial charge in [0.05, 0.1) is 7.11 Å². The van der Waals surface area contributed by atoms with E-state index in [2.05, 4.69) is 10.1 Å². The van der Waals surface area contributed by atoms with Crippen LogP contribution in [0.2, 0.25) is 0 Å². The van der Waals surface area contributed by atoms with Crippen LogP contribution < -0.4 is 16.8 Å². The molecule has 0 fully saturated rings. The van der Waals surface area contributed by atoms with Gasteiger partial charge in [-0.05, 0) is 19.4 Å². The Bertz CT molecular complexity index is 293. The first kappa shape index (κ1) is 17.4. The smallest absolute Gasteiger partial charge is 0.305 e. The van der Waals surface area contributed by atoms with Crippen molar-refractivity contribution in [2.24, 2.45) is 11.5 Å². The Balaban J connectivity index is 3.47. The molecule has 7 nitrogen and oxygen atoms in total. The van der Waals surface area contributed by atoms with Crippen molar-refractivity contribution in [1.82, 2.24) is 5.32 Å². The van der Waals surface area contributed by atoms with Crippen LogP contribution in [0, 0.1) is 0 Å². The van der Waals surface area contributed by atoms with Crippen LogP contribution in [0.25, 0.3) is 0 Å². The second-order valence-corrected chi connectivity index (χ2v) is 4.29. The number of primary amides is 2. The molecule has 0 bridgehead atoms. The molecule has 2 amide bonds. The van der Waals surface area contributed by atoms with Crippen molar-refractivity contribution in [3.63, 3.8) is 0 Å². The predicted molar refractivity (Wildman–Crippen MR) is 69.9 cm³/mol. The summed E-state index contributed by atoms with van der Waals surface area (Å²) in [5, 5.41) is 2.71. The normalized spacial score (nSPS) is 10.4. The van der Waals surface area contributed by atoms with E-state index in [1.807, 2.05) is 0 Å². The van der Waals surface area contributed by atoms with Crippen LogP contribution in [-0.2, 0) is 19.1 Å². The molecule has 0 radical (unpaired) electrons. The van der Waals surface area contributed by atoms with Gasteiger partial charge in [0.15, 0.2) is 6.04 Å². The Morgan fingerprint density at radius 2 is 1.53 bits per heavy atom. The molecule has 0 aliphatic carbocycles. The van der Waals surface area contributed by atoms with Crippen molar-refractivity contribution >= 4 is 17.8 Å². The number of hydrogen-bond acceptors (Lipinski definition) is 5. The maximum absolute atomic E-state index is 10.9. The van der Waals surface area contributed by atoms with Crippen LogP contribution in [0.3, 0.4) is 0 Å². The van der Waals surface area contributed by atoms with Crippen LogP contribution >= 0.6 is 0 Å². The van der Waals surface area contributed by atoms with E-state index in [-0.39, 0.29) is 5.97 Å². The van der Waals surface area contributed by atoms with Crippen molar-refractivity contribution in [1.29, 1.82) is 0 Å². The number of esters is 1. The van der Waals surface area contributed by atoms with Crippen LogP contribution in [-0.4, -0.2) is 37.5 Å². The summed E-state index contributed by atoms with van der Waals surface area (Å²) < 4.78 is 4.53. The molecule has 5 N–H and O–H groups in total. The molecule has 0 aromatic carbocycles. The lowest BCUT2D eigenvalue weighted by molar-refractivity contribution is -0.140. The molecule has 0 aromatic heterocycles. The van der Waals surface area contributed by atoms with Crippen LogP contribution in [0.5, 0.6) is 0 Å². The summed E-state index contributed by atoms with van der Waals surface area (Å²) in [5.41, 5.74) is 10.0. The van der Waals surface area contributed by atoms with E-state index in [1.54, 1.807) is 0 Å². The molecule has 19 heavy (non-hydrogen) atoms. The second kappa shape index (κ2) is 10.3. The Kier molecular flexibility index (Phi) is 9.42. The molecule has 0 aromatic rings. The predicted octanol–water partition coefficient (Wildman–Crippen LogP) is -0.571. The molecule has 0 saturated heterocycles. The molecular weight excluding hydrogens is 250 g/mol. The third-order valence-electron chi connectivity index (χ3n) is 2.70. The molecule has 0 aliphatic heterocycles. The minimum absolute atomic E-state index is 0.188. The highest BCUT2D eigenvalue weighted by Crippen LogP contribution is 2.05. The minimum atomic E-state index is -1.10. The number of carbonyl (C=O) groups is 3. The summed E-state index contributed by atoms with van der Waals surface area (Å²) >= 11 is 0. The fraction of sp³-hybridized carbons (Fsp3) is 0.750. The van der Waals surface area contributed by atoms with E-state index in [0.29, 0.717) is 13.0 Å². The van der Waals surface area contributed by atoms with Gasteiger partial charge in [0.25, 0.3) is 0 Å². The van der Waals surface area contributed by atoms with Crippen LogP contribution in [0.15, 0.2) is 0 Å². The minimum Gasteiger partial charge on any atom is -0.469 e. The molecule has 7 heteroatoms. The number of hydrogen-bond donors (Lipinski definition) is 3. The first-order chi connectivity index (χ1) is 8.99. The average Bonchev–Trinajstić information content (AvgIpc) is 2.35. The Hall–Kier alpha value is -1.63. The van der Waals surface area contributed by atoms with E-state index in [0.717, 1.165) is 32.1 Å². The van der Waals surface area contributed by atoms with Gasteiger partial charge in [0, 0.05) is 6.42 Å². The monoisotopic (exact) mass is 273 g/mol. The van der Waals surface area contributed by atoms with Gasteiger partial charge in [-0.15, -0.1) is 0 Å². The van der Waals surface area contributed by atoms with E-state index < -0.39 is 17.9 Å². The van der Waals surface area contributed by atoms with E-state index in [1.165, 1.54) is 7.11 Å². The molecule has 110 valence electrons. The first-order valence-electron chi connectivity index (χ1n) is 6.38. The summed E-state index contributed by atoms with van der Waals surface area (Å²) in [6.07, 6.45) is 4.94. The Labute approximate surface area is 113 Å². The van der Waals surface area contributed by atoms with Crippen LogP contribution in [0.4, 0.5) is 0 Å². The van der Waals surface area contributed by atoms with Gasteiger partial charge in [-0.2, -0.15) is 0 Å². The highest BCUT2D eigenvalue weighted by atomic mass is 16.5. The quantitative estimate of drug-likeness (QED) is 0.264. The van der Waals surface area contributed by atoms with Crippen molar-refractivity contribution in [2.45, 2.75) is 44.6 Å². The summed E-state index contributed by atoms with van der Waals surface area (Å²) in [4.78, 5) is 32.5. The topological polar surface area (TPSA) is 125 Å². The summed E-state index contributed by atoms with van der Waals surface area (Å²) in [6.45, 7) is 0.507. The summed E-state index contributed by atoms with van der Waals surface area (Å²) in [6, 6.07) is -1.10. The number of nitrogens with two attached hydrogens (primary N) is 2. The lowest BCUT2D eigenvalue weighted by Gasteiger charge is -2.11. The zero-order chi connectivity index (χ0) is 14.7. The molecule has 0 heterocycles. The van der Waals surface area contributed by atoms with Gasteiger partial charge in [0.2, 0.25) is 11.8 Å². The number of carbonyl (C=O) groups excluding carboxylic acids is 3. The Morgan fingerprint density at radius 3 is 2.05 bits per heavy atom. The van der Waals surface area contributed by atoms with Gasteiger partial charge in [-0.25, -0.2) is 0 Å². The van der Waals surface area contributed by atoms with Gasteiger partial charge >= 0.3 is 5.97 Å². The number of ether oxygens (including phenoxy) is 1. The van der Waals surface area contributed by atoms with Crippen molar-refractivity contribution in [3.05, 3.63) is 0 Å². The third kappa shape index (κ3) is 9.01. The maximum atomic E-state index is 10.9. The zero-order valence-corrected chi connectivity index (χ0v) is 11.3. The number of nitrogens with one attached hydrogen (secondary N) is 1. The lowest BCUT2D eigenvalue weighted by Crippen LogP contribution is -2.50. The molecule has 0 spiro atoms. The highest BCUT2D eigenvalue weighted by Gasteiger charge is 2.19. The molecular formula is C12H23N3O4. The number of methoxy groups -OCH3 is 1. The highest BCUT2D eigenvalue weighted by molar-refractivity contribution is 6.02. The van der Waals surface area contributed by atoms with Crippen molar-refractivity contribution in [2.75, 3.05) is 13.7 Å². The molecule has 0 unspecified atom stereocenters. The lowest BCUT2D eigenvalue weighted by atomic mass is 10.1. The zero-order valence-electron chi connectivity index (χ0n) is 11.3. The number of unbranched alkanes of at least 4 members (excludes halogenated alkanes) is 4. The molecule has 0 rings (SSSR count). The first-order valence-corrected chi connectivity index (χ1v) is 6.38. The summed E-state index contributed by atoms with van der Waals surface area (Å²) in [5.74, 6) is -1.71.